The van der Waals surface area contributed by atoms with Crippen molar-refractivity contribution in [3.05, 3.63) is 65.2 Å². The molecule has 1 saturated carbocycles. The molecule has 1 aromatic heterocycles. The van der Waals surface area contributed by atoms with E-state index in [0.29, 0.717) is 19.0 Å². The quantitative estimate of drug-likeness (QED) is 0.823. The van der Waals surface area contributed by atoms with Gasteiger partial charge in [-0.05, 0) is 55.4 Å². The summed E-state index contributed by atoms with van der Waals surface area (Å²) in [6, 6.07) is 9.38. The van der Waals surface area contributed by atoms with Gasteiger partial charge in [0.05, 0.1) is 23.8 Å². The second-order valence-corrected chi connectivity index (χ2v) is 8.06. The monoisotopic (exact) mass is 379 g/mol. The lowest BCUT2D eigenvalue weighted by molar-refractivity contribution is 0.0357. The lowest BCUT2D eigenvalue weighted by Crippen LogP contribution is -2.57. The molecule has 5 nitrogen and oxygen atoms in total. The van der Waals surface area contributed by atoms with Gasteiger partial charge < -0.3 is 9.80 Å². The summed E-state index contributed by atoms with van der Waals surface area (Å²) in [5.74, 6) is -0.263. The third-order valence-corrected chi connectivity index (χ3v) is 6.19. The fraction of sp³-hybridized carbons (Fsp3) is 0.409. The summed E-state index contributed by atoms with van der Waals surface area (Å²) in [6.45, 7) is 0.899. The van der Waals surface area contributed by atoms with Gasteiger partial charge in [0.15, 0.2) is 5.82 Å². The molecule has 0 N–H and O–H groups in total. The summed E-state index contributed by atoms with van der Waals surface area (Å²) in [6.07, 6.45) is 6.65. The first-order chi connectivity index (χ1) is 13.6. The van der Waals surface area contributed by atoms with E-state index in [1.54, 1.807) is 4.90 Å². The molecule has 0 spiro atoms. The Morgan fingerprint density at radius 2 is 1.75 bits per heavy atom. The molecule has 2 saturated heterocycles. The third-order valence-electron chi connectivity index (χ3n) is 6.19. The van der Waals surface area contributed by atoms with Crippen molar-refractivity contribution in [1.82, 2.24) is 14.8 Å². The van der Waals surface area contributed by atoms with E-state index in [-0.39, 0.29) is 29.5 Å². The maximum Gasteiger partial charge on any atom is 0.257 e. The third kappa shape index (κ3) is 2.97. The zero-order chi connectivity index (χ0) is 19.3. The molecule has 6 heteroatoms. The summed E-state index contributed by atoms with van der Waals surface area (Å²) in [4.78, 5) is 33.3. The molecule has 2 amide bonds. The van der Waals surface area contributed by atoms with Crippen molar-refractivity contribution >= 4 is 11.8 Å². The molecule has 5 rings (SSSR count). The van der Waals surface area contributed by atoms with Crippen LogP contribution in [0.2, 0.25) is 0 Å². The number of nitrogens with zero attached hydrogens (tertiary/aromatic N) is 3. The van der Waals surface area contributed by atoms with Gasteiger partial charge in [-0.15, -0.1) is 0 Å². The van der Waals surface area contributed by atoms with Crippen molar-refractivity contribution in [3.63, 3.8) is 0 Å². The molecule has 2 atom stereocenters. The van der Waals surface area contributed by atoms with Crippen molar-refractivity contribution in [2.75, 3.05) is 13.1 Å². The summed E-state index contributed by atoms with van der Waals surface area (Å²) in [5, 5.41) is 0. The summed E-state index contributed by atoms with van der Waals surface area (Å²) >= 11 is 0. The van der Waals surface area contributed by atoms with E-state index in [1.807, 2.05) is 23.1 Å². The zero-order valence-electron chi connectivity index (χ0n) is 15.6. The topological polar surface area (TPSA) is 53.5 Å². The number of rotatable bonds is 3. The normalized spacial score (nSPS) is 23.8. The van der Waals surface area contributed by atoms with Crippen LogP contribution >= 0.6 is 0 Å². The zero-order valence-corrected chi connectivity index (χ0v) is 15.6. The van der Waals surface area contributed by atoms with Gasteiger partial charge in [-0.25, -0.2) is 4.39 Å². The van der Waals surface area contributed by atoms with Crippen LogP contribution in [0.15, 0.2) is 42.7 Å². The Hall–Kier alpha value is -2.76. The average molecular weight is 379 g/mol. The molecule has 1 aliphatic carbocycles. The second-order valence-electron chi connectivity index (χ2n) is 8.06. The molecule has 2 aromatic rings. The molecule has 0 radical (unpaired) electrons. The molecule has 3 heterocycles. The van der Waals surface area contributed by atoms with Crippen LogP contribution in [0.1, 0.15) is 57.9 Å². The van der Waals surface area contributed by atoms with Crippen LogP contribution in [-0.2, 0) is 0 Å². The number of carbonyl (C=O) groups is 2. The van der Waals surface area contributed by atoms with Gasteiger partial charge in [-0.2, -0.15) is 0 Å². The smallest absolute Gasteiger partial charge is 0.257 e. The number of halogens is 1. The van der Waals surface area contributed by atoms with Crippen molar-refractivity contribution in [2.45, 2.75) is 43.7 Å². The van der Waals surface area contributed by atoms with Crippen LogP contribution < -0.4 is 0 Å². The molecule has 0 unspecified atom stereocenters. The Bertz CT molecular complexity index is 929. The predicted molar refractivity (Wildman–Crippen MR) is 101 cm³/mol. The molecule has 2 bridgehead atoms. The fourth-order valence-corrected chi connectivity index (χ4v) is 4.61. The van der Waals surface area contributed by atoms with Crippen molar-refractivity contribution < 1.29 is 14.0 Å². The first-order valence-electron chi connectivity index (χ1n) is 9.93. The Kier molecular flexibility index (Phi) is 4.14. The molecular weight excluding hydrogens is 357 g/mol. The highest BCUT2D eigenvalue weighted by atomic mass is 19.1. The second kappa shape index (κ2) is 6.69. The highest BCUT2D eigenvalue weighted by Crippen LogP contribution is 2.40. The molecule has 28 heavy (non-hydrogen) atoms. The number of hydrogen-bond donors (Lipinski definition) is 0. The van der Waals surface area contributed by atoms with Crippen molar-refractivity contribution in [1.29, 1.82) is 0 Å². The fourth-order valence-electron chi connectivity index (χ4n) is 4.61. The van der Waals surface area contributed by atoms with E-state index in [4.69, 9.17) is 0 Å². The lowest BCUT2D eigenvalue weighted by Gasteiger charge is -2.41. The molecule has 2 aliphatic heterocycles. The van der Waals surface area contributed by atoms with Gasteiger partial charge in [-0.3, -0.25) is 14.6 Å². The Morgan fingerprint density at radius 3 is 2.43 bits per heavy atom. The van der Waals surface area contributed by atoms with E-state index >= 15 is 0 Å². The largest absolute Gasteiger partial charge is 0.334 e. The van der Waals surface area contributed by atoms with Gasteiger partial charge in [0.2, 0.25) is 0 Å². The number of piperazine rings is 1. The van der Waals surface area contributed by atoms with Crippen LogP contribution in [0.25, 0.3) is 0 Å². The Labute approximate surface area is 163 Å². The van der Waals surface area contributed by atoms with Gasteiger partial charge >= 0.3 is 0 Å². The molecular formula is C22H22FN3O2. The number of fused-ring (bicyclic) bond motifs is 2. The van der Waals surface area contributed by atoms with E-state index in [0.717, 1.165) is 24.6 Å². The number of carbonyl (C=O) groups excluding carboxylic acids is 2. The van der Waals surface area contributed by atoms with Crippen LogP contribution in [0.3, 0.4) is 0 Å². The summed E-state index contributed by atoms with van der Waals surface area (Å²) in [5.41, 5.74) is 2.03. The van der Waals surface area contributed by atoms with Crippen molar-refractivity contribution in [3.8, 4) is 0 Å². The van der Waals surface area contributed by atoms with Crippen molar-refractivity contribution in [2.24, 2.45) is 0 Å². The van der Waals surface area contributed by atoms with Gasteiger partial charge in [0, 0.05) is 24.8 Å². The molecule has 1 aromatic carbocycles. The first kappa shape index (κ1) is 17.3. The van der Waals surface area contributed by atoms with E-state index in [1.165, 1.54) is 30.7 Å². The lowest BCUT2D eigenvalue weighted by atomic mass is 10.0. The Morgan fingerprint density at radius 1 is 1.00 bits per heavy atom. The minimum Gasteiger partial charge on any atom is -0.334 e. The summed E-state index contributed by atoms with van der Waals surface area (Å²) < 4.78 is 14.0. The molecule has 144 valence electrons. The standard InChI is InChI=1S/C22H22FN3O2/c23-20-11-24-9-8-19(20)22(28)25-12-17-6-7-18(13-25)26(17)21(27)16-3-1-2-15(10-16)14-4-5-14/h1-3,8-11,14,17-18H,4-7,12-13H2/t17-,18+. The molecule has 3 fully saturated rings. The SMILES string of the molecule is O=C(c1ccncc1F)N1C[C@H]2CC[C@@H](C1)N2C(=O)c1cccc(C2CC2)c1. The highest BCUT2D eigenvalue weighted by molar-refractivity contribution is 5.96. The van der Waals surface area contributed by atoms with Gasteiger partial charge in [0.25, 0.3) is 11.8 Å². The number of likely N-dealkylation sites (tertiary alicyclic amines) is 1. The van der Waals surface area contributed by atoms with Crippen LogP contribution in [0.4, 0.5) is 4.39 Å². The number of pyridine rings is 1. The van der Waals surface area contributed by atoms with Crippen LogP contribution in [0.5, 0.6) is 0 Å². The minimum absolute atomic E-state index is 0.00956. The summed E-state index contributed by atoms with van der Waals surface area (Å²) in [7, 11) is 0. The maximum atomic E-state index is 14.0. The van der Waals surface area contributed by atoms with E-state index in [2.05, 4.69) is 11.1 Å². The number of amides is 2. The highest BCUT2D eigenvalue weighted by Gasteiger charge is 2.44. The minimum atomic E-state index is -0.602. The van der Waals surface area contributed by atoms with Gasteiger partial charge in [-0.1, -0.05) is 12.1 Å². The number of hydrogen-bond acceptors (Lipinski definition) is 3. The predicted octanol–water partition coefficient (Wildman–Crippen LogP) is 3.23. The van der Waals surface area contributed by atoms with Gasteiger partial charge in [0.1, 0.15) is 0 Å². The van der Waals surface area contributed by atoms with E-state index < -0.39 is 5.82 Å². The van der Waals surface area contributed by atoms with E-state index in [9.17, 15) is 14.0 Å². The molecule has 3 aliphatic rings. The van der Waals surface area contributed by atoms with Crippen LogP contribution in [0, 0.1) is 5.82 Å². The number of benzene rings is 1. The maximum absolute atomic E-state index is 14.0. The number of aromatic nitrogens is 1. The average Bonchev–Trinajstić information content (AvgIpc) is 3.53. The first-order valence-corrected chi connectivity index (χ1v) is 9.93. The van der Waals surface area contributed by atoms with Crippen LogP contribution in [-0.4, -0.2) is 51.8 Å². The Balaban J connectivity index is 1.34.